The fraction of sp³-hybridized carbons (Fsp3) is 0.400. The Bertz CT molecular complexity index is 322. The van der Waals surface area contributed by atoms with E-state index in [0.29, 0.717) is 10.0 Å². The number of halogens is 2. The summed E-state index contributed by atoms with van der Waals surface area (Å²) in [6.07, 6.45) is 0. The molecule has 15 heavy (non-hydrogen) atoms. The predicted octanol–water partition coefficient (Wildman–Crippen LogP) is 2.85. The van der Waals surface area contributed by atoms with Gasteiger partial charge in [0.15, 0.2) is 0 Å². The fourth-order valence-corrected chi connectivity index (χ4v) is 2.38. The van der Waals surface area contributed by atoms with E-state index < -0.39 is 0 Å². The molecule has 1 atom stereocenters. The summed E-state index contributed by atoms with van der Waals surface area (Å²) >= 11 is 4.89. The van der Waals surface area contributed by atoms with E-state index in [-0.39, 0.29) is 11.9 Å². The average Bonchev–Trinajstić information content (AvgIpc) is 2.25. The fourth-order valence-electron chi connectivity index (χ4n) is 1.25. The monoisotopic (exact) mass is 292 g/mol. The van der Waals surface area contributed by atoms with Gasteiger partial charge in [0.2, 0.25) is 0 Å². The second kappa shape index (κ2) is 6.48. The molecule has 3 N–H and O–H groups in total. The summed E-state index contributed by atoms with van der Waals surface area (Å²) in [6, 6.07) is 5.09. The number of nitrogens with one attached hydrogen (secondary N) is 1. The number of nitrogens with two attached hydrogens (primary N) is 1. The summed E-state index contributed by atoms with van der Waals surface area (Å²) in [7, 11) is 0. The summed E-state index contributed by atoms with van der Waals surface area (Å²) in [6.45, 7) is 2.06. The van der Waals surface area contributed by atoms with Crippen molar-refractivity contribution < 1.29 is 4.39 Å². The van der Waals surface area contributed by atoms with Gasteiger partial charge in [0.1, 0.15) is 5.82 Å². The quantitative estimate of drug-likeness (QED) is 0.647. The van der Waals surface area contributed by atoms with E-state index in [9.17, 15) is 4.39 Å². The van der Waals surface area contributed by atoms with Gasteiger partial charge in [-0.1, -0.05) is 19.1 Å². The number of benzene rings is 1. The molecule has 0 saturated carbocycles. The van der Waals surface area contributed by atoms with Gasteiger partial charge in [-0.2, -0.15) is 11.8 Å². The van der Waals surface area contributed by atoms with Crippen LogP contribution in [0.25, 0.3) is 0 Å². The standard InChI is InChI=1S/C10H14BrFN2S/c1-2-15-6-9(14-13)7-4-3-5-8(11)10(7)12/h3-5,9,14H,2,6,13H2,1H3. The number of rotatable bonds is 5. The molecule has 0 fully saturated rings. The third-order valence-electron chi connectivity index (χ3n) is 2.05. The van der Waals surface area contributed by atoms with Crippen LogP contribution >= 0.6 is 27.7 Å². The normalized spacial score (nSPS) is 12.8. The summed E-state index contributed by atoms with van der Waals surface area (Å²) in [5, 5.41) is 0. The van der Waals surface area contributed by atoms with Crippen molar-refractivity contribution in [1.29, 1.82) is 0 Å². The molecule has 5 heteroatoms. The van der Waals surface area contributed by atoms with E-state index in [4.69, 9.17) is 5.84 Å². The first-order valence-corrected chi connectivity index (χ1v) is 6.63. The first-order valence-electron chi connectivity index (χ1n) is 4.68. The molecule has 1 aromatic rings. The van der Waals surface area contributed by atoms with Crippen LogP contribution in [0.2, 0.25) is 0 Å². The van der Waals surface area contributed by atoms with Crippen molar-refractivity contribution >= 4 is 27.7 Å². The molecule has 1 unspecified atom stereocenters. The second-order valence-electron chi connectivity index (χ2n) is 3.02. The van der Waals surface area contributed by atoms with Crippen molar-refractivity contribution in [1.82, 2.24) is 5.43 Å². The zero-order chi connectivity index (χ0) is 11.3. The van der Waals surface area contributed by atoms with Crippen LogP contribution < -0.4 is 11.3 Å². The Morgan fingerprint density at radius 3 is 2.93 bits per heavy atom. The molecule has 0 aliphatic carbocycles. The lowest BCUT2D eigenvalue weighted by Gasteiger charge is -2.16. The number of thioether (sulfide) groups is 1. The molecule has 0 saturated heterocycles. The molecule has 0 bridgehead atoms. The first-order chi connectivity index (χ1) is 7.20. The van der Waals surface area contributed by atoms with E-state index in [1.54, 1.807) is 23.9 Å². The molecule has 0 aromatic heterocycles. The molecule has 1 aromatic carbocycles. The Morgan fingerprint density at radius 2 is 2.33 bits per heavy atom. The average molecular weight is 293 g/mol. The van der Waals surface area contributed by atoms with Gasteiger partial charge in [-0.15, -0.1) is 0 Å². The number of hydrazine groups is 1. The highest BCUT2D eigenvalue weighted by Gasteiger charge is 2.15. The van der Waals surface area contributed by atoms with Crippen molar-refractivity contribution in [3.05, 3.63) is 34.1 Å². The molecule has 0 amide bonds. The van der Waals surface area contributed by atoms with E-state index in [0.717, 1.165) is 11.5 Å². The van der Waals surface area contributed by atoms with Crippen LogP contribution in [-0.2, 0) is 0 Å². The van der Waals surface area contributed by atoms with E-state index in [2.05, 4.69) is 28.3 Å². The summed E-state index contributed by atoms with van der Waals surface area (Å²) in [5.74, 6) is 6.94. The van der Waals surface area contributed by atoms with E-state index >= 15 is 0 Å². The van der Waals surface area contributed by atoms with Gasteiger partial charge in [-0.25, -0.2) is 4.39 Å². The highest BCUT2D eigenvalue weighted by Crippen LogP contribution is 2.25. The van der Waals surface area contributed by atoms with Crippen LogP contribution in [-0.4, -0.2) is 11.5 Å². The van der Waals surface area contributed by atoms with Gasteiger partial charge in [0, 0.05) is 11.3 Å². The van der Waals surface area contributed by atoms with Crippen molar-refractivity contribution in [2.45, 2.75) is 13.0 Å². The maximum atomic E-state index is 13.7. The highest BCUT2D eigenvalue weighted by atomic mass is 79.9. The molecular weight excluding hydrogens is 279 g/mol. The van der Waals surface area contributed by atoms with Crippen LogP contribution in [0.3, 0.4) is 0 Å². The predicted molar refractivity (Wildman–Crippen MR) is 67.2 cm³/mol. The smallest absolute Gasteiger partial charge is 0.142 e. The maximum absolute atomic E-state index is 13.7. The number of hydrogen-bond donors (Lipinski definition) is 2. The molecule has 0 radical (unpaired) electrons. The molecule has 0 heterocycles. The lowest BCUT2D eigenvalue weighted by Crippen LogP contribution is -2.30. The van der Waals surface area contributed by atoms with Crippen molar-refractivity contribution in [2.24, 2.45) is 5.84 Å². The van der Waals surface area contributed by atoms with Crippen LogP contribution in [0.15, 0.2) is 22.7 Å². The van der Waals surface area contributed by atoms with Crippen LogP contribution in [0, 0.1) is 5.82 Å². The Balaban J connectivity index is 2.86. The lowest BCUT2D eigenvalue weighted by molar-refractivity contribution is 0.543. The molecule has 84 valence electrons. The molecule has 0 spiro atoms. The van der Waals surface area contributed by atoms with Gasteiger partial charge in [0.25, 0.3) is 0 Å². The molecule has 0 aliphatic rings. The SMILES string of the molecule is CCSCC(NN)c1cccc(Br)c1F. The molecular formula is C10H14BrFN2S. The molecule has 2 nitrogen and oxygen atoms in total. The van der Waals surface area contributed by atoms with Gasteiger partial charge in [0.05, 0.1) is 10.5 Å². The Morgan fingerprint density at radius 1 is 1.60 bits per heavy atom. The van der Waals surface area contributed by atoms with Crippen LogP contribution in [0.1, 0.15) is 18.5 Å². The van der Waals surface area contributed by atoms with Gasteiger partial charge in [-0.05, 0) is 27.7 Å². The zero-order valence-electron chi connectivity index (χ0n) is 8.47. The Kier molecular flexibility index (Phi) is 5.60. The van der Waals surface area contributed by atoms with Crippen LogP contribution in [0.4, 0.5) is 4.39 Å². The van der Waals surface area contributed by atoms with E-state index in [1.807, 2.05) is 6.07 Å². The Labute approximate surface area is 102 Å². The molecule has 0 aliphatic heterocycles. The minimum atomic E-state index is -0.239. The van der Waals surface area contributed by atoms with Crippen molar-refractivity contribution in [3.63, 3.8) is 0 Å². The second-order valence-corrected chi connectivity index (χ2v) is 5.20. The largest absolute Gasteiger partial charge is 0.271 e. The summed E-state index contributed by atoms with van der Waals surface area (Å²) in [4.78, 5) is 0. The third kappa shape index (κ3) is 3.45. The maximum Gasteiger partial charge on any atom is 0.142 e. The van der Waals surface area contributed by atoms with Gasteiger partial charge in [-0.3, -0.25) is 11.3 Å². The third-order valence-corrected chi connectivity index (χ3v) is 3.64. The summed E-state index contributed by atoms with van der Waals surface area (Å²) < 4.78 is 14.2. The minimum Gasteiger partial charge on any atom is -0.271 e. The summed E-state index contributed by atoms with van der Waals surface area (Å²) in [5.41, 5.74) is 3.24. The van der Waals surface area contributed by atoms with Gasteiger partial charge < -0.3 is 0 Å². The van der Waals surface area contributed by atoms with Crippen molar-refractivity contribution in [3.8, 4) is 0 Å². The first kappa shape index (κ1) is 13.0. The topological polar surface area (TPSA) is 38.0 Å². The Hall–Kier alpha value is -0.100. The lowest BCUT2D eigenvalue weighted by atomic mass is 10.1. The minimum absolute atomic E-state index is 0.146. The van der Waals surface area contributed by atoms with Gasteiger partial charge >= 0.3 is 0 Å². The van der Waals surface area contributed by atoms with Crippen LogP contribution in [0.5, 0.6) is 0 Å². The highest BCUT2D eigenvalue weighted by molar-refractivity contribution is 9.10. The zero-order valence-corrected chi connectivity index (χ0v) is 10.9. The van der Waals surface area contributed by atoms with E-state index in [1.165, 1.54) is 0 Å². The molecule has 1 rings (SSSR count). The number of hydrogen-bond acceptors (Lipinski definition) is 3. The van der Waals surface area contributed by atoms with Crippen molar-refractivity contribution in [2.75, 3.05) is 11.5 Å².